The van der Waals surface area contributed by atoms with Crippen LogP contribution in [-0.4, -0.2) is 9.55 Å². The molecular weight excluding hydrogens is 212 g/mol. The quantitative estimate of drug-likeness (QED) is 0.844. The van der Waals surface area contributed by atoms with E-state index in [9.17, 15) is 8.78 Å². The normalized spacial score (nSPS) is 10.8. The average Bonchev–Trinajstić information content (AvgIpc) is 2.60. The van der Waals surface area contributed by atoms with Gasteiger partial charge >= 0.3 is 0 Å². The lowest BCUT2D eigenvalue weighted by molar-refractivity contribution is 0.584. The Bertz CT molecular complexity index is 520. The summed E-state index contributed by atoms with van der Waals surface area (Å²) in [6.07, 6.45) is 1.56. The molecule has 0 aliphatic heterocycles. The van der Waals surface area contributed by atoms with Crippen LogP contribution in [0.5, 0.6) is 0 Å². The van der Waals surface area contributed by atoms with Gasteiger partial charge in [-0.2, -0.15) is 0 Å². The van der Waals surface area contributed by atoms with Gasteiger partial charge in [0.1, 0.15) is 11.6 Å². The second-order valence-corrected chi connectivity index (χ2v) is 3.48. The van der Waals surface area contributed by atoms with Gasteiger partial charge in [-0.3, -0.25) is 0 Å². The van der Waals surface area contributed by atoms with Gasteiger partial charge in [-0.05, 0) is 12.1 Å². The molecule has 0 aliphatic rings. The Hall–Kier alpha value is -1.75. The monoisotopic (exact) mass is 223 g/mol. The molecule has 2 rings (SSSR count). The molecular formula is C11H11F2N3. The van der Waals surface area contributed by atoms with Gasteiger partial charge in [0.25, 0.3) is 0 Å². The van der Waals surface area contributed by atoms with Crippen molar-refractivity contribution >= 4 is 0 Å². The van der Waals surface area contributed by atoms with Gasteiger partial charge in [-0.15, -0.1) is 0 Å². The maximum Gasteiger partial charge on any atom is 0.135 e. The number of rotatable bonds is 2. The van der Waals surface area contributed by atoms with Crippen molar-refractivity contribution < 1.29 is 8.78 Å². The summed E-state index contributed by atoms with van der Waals surface area (Å²) in [6.45, 7) is 0.215. The Morgan fingerprint density at radius 2 is 2.12 bits per heavy atom. The number of benzene rings is 1. The van der Waals surface area contributed by atoms with E-state index in [0.717, 1.165) is 6.07 Å². The lowest BCUT2D eigenvalue weighted by Crippen LogP contribution is -2.02. The molecule has 0 spiro atoms. The molecule has 0 aliphatic carbocycles. The van der Waals surface area contributed by atoms with Crippen LogP contribution in [0.2, 0.25) is 0 Å². The third-order valence-electron chi connectivity index (χ3n) is 2.39. The topological polar surface area (TPSA) is 43.8 Å². The third kappa shape index (κ3) is 1.69. The second kappa shape index (κ2) is 4.02. The minimum Gasteiger partial charge on any atom is -0.333 e. The molecule has 16 heavy (non-hydrogen) atoms. The van der Waals surface area contributed by atoms with Gasteiger partial charge in [-0.1, -0.05) is 0 Å². The highest BCUT2D eigenvalue weighted by Crippen LogP contribution is 2.25. The van der Waals surface area contributed by atoms with Crippen LogP contribution >= 0.6 is 0 Å². The minimum atomic E-state index is -0.613. The molecule has 0 fully saturated rings. The lowest BCUT2D eigenvalue weighted by Gasteiger charge is -2.06. The van der Waals surface area contributed by atoms with Gasteiger partial charge in [0.05, 0.1) is 17.7 Å². The number of hydrogen-bond donors (Lipinski definition) is 1. The van der Waals surface area contributed by atoms with Gasteiger partial charge in [0.2, 0.25) is 0 Å². The number of hydrogen-bond acceptors (Lipinski definition) is 2. The van der Waals surface area contributed by atoms with Crippen LogP contribution in [-0.2, 0) is 13.6 Å². The summed E-state index contributed by atoms with van der Waals surface area (Å²) in [5.41, 5.74) is 6.99. The molecule has 0 bridgehead atoms. The fourth-order valence-electron chi connectivity index (χ4n) is 1.66. The highest BCUT2D eigenvalue weighted by atomic mass is 19.1. The highest BCUT2D eigenvalue weighted by Gasteiger charge is 2.14. The predicted octanol–water partition coefficient (Wildman–Crippen LogP) is 1.82. The molecule has 0 amide bonds. The summed E-state index contributed by atoms with van der Waals surface area (Å²) in [6, 6.07) is 3.45. The highest BCUT2D eigenvalue weighted by molar-refractivity contribution is 5.63. The molecule has 1 heterocycles. The second-order valence-electron chi connectivity index (χ2n) is 3.48. The first-order chi connectivity index (χ1) is 7.63. The van der Waals surface area contributed by atoms with E-state index in [-0.39, 0.29) is 6.54 Å². The zero-order chi connectivity index (χ0) is 11.7. The largest absolute Gasteiger partial charge is 0.333 e. The standard InChI is InChI=1S/C11H11F2N3/c1-16-6-15-10(5-14)11(16)8-3-2-7(12)4-9(8)13/h2-4,6H,5,14H2,1H3. The summed E-state index contributed by atoms with van der Waals surface area (Å²) in [4.78, 5) is 4.05. The zero-order valence-corrected chi connectivity index (χ0v) is 8.74. The number of imidazole rings is 1. The van der Waals surface area contributed by atoms with Crippen molar-refractivity contribution in [1.29, 1.82) is 0 Å². The zero-order valence-electron chi connectivity index (χ0n) is 8.74. The number of aryl methyl sites for hydroxylation is 1. The van der Waals surface area contributed by atoms with E-state index < -0.39 is 11.6 Å². The van der Waals surface area contributed by atoms with Gasteiger partial charge in [-0.25, -0.2) is 13.8 Å². The SMILES string of the molecule is Cn1cnc(CN)c1-c1ccc(F)cc1F. The number of halogens is 2. The van der Waals surface area contributed by atoms with E-state index in [2.05, 4.69) is 4.98 Å². The first kappa shape index (κ1) is 10.8. The van der Waals surface area contributed by atoms with E-state index in [0.29, 0.717) is 17.0 Å². The molecule has 5 heteroatoms. The van der Waals surface area contributed by atoms with Crippen LogP contribution in [0.4, 0.5) is 8.78 Å². The third-order valence-corrected chi connectivity index (χ3v) is 2.39. The smallest absolute Gasteiger partial charge is 0.135 e. The average molecular weight is 223 g/mol. The predicted molar refractivity (Wildman–Crippen MR) is 56.5 cm³/mol. The number of nitrogens with zero attached hydrogens (tertiary/aromatic N) is 2. The fraction of sp³-hybridized carbons (Fsp3) is 0.182. The van der Waals surface area contributed by atoms with Crippen LogP contribution in [0.15, 0.2) is 24.5 Å². The van der Waals surface area contributed by atoms with Crippen LogP contribution in [0.25, 0.3) is 11.3 Å². The van der Waals surface area contributed by atoms with Crippen LogP contribution in [0.1, 0.15) is 5.69 Å². The van der Waals surface area contributed by atoms with Crippen molar-refractivity contribution in [3.8, 4) is 11.3 Å². The molecule has 0 radical (unpaired) electrons. The molecule has 0 unspecified atom stereocenters. The van der Waals surface area contributed by atoms with Crippen molar-refractivity contribution in [2.24, 2.45) is 12.8 Å². The fourth-order valence-corrected chi connectivity index (χ4v) is 1.66. The van der Waals surface area contributed by atoms with Crippen LogP contribution < -0.4 is 5.73 Å². The minimum absolute atomic E-state index is 0.215. The van der Waals surface area contributed by atoms with E-state index in [1.165, 1.54) is 12.1 Å². The number of aromatic nitrogens is 2. The van der Waals surface area contributed by atoms with E-state index >= 15 is 0 Å². The van der Waals surface area contributed by atoms with Crippen molar-refractivity contribution in [1.82, 2.24) is 9.55 Å². The van der Waals surface area contributed by atoms with Crippen LogP contribution in [0, 0.1) is 11.6 Å². The first-order valence-corrected chi connectivity index (χ1v) is 4.79. The summed E-state index contributed by atoms with van der Waals surface area (Å²) in [5, 5.41) is 0. The van der Waals surface area contributed by atoms with E-state index in [1.54, 1.807) is 17.9 Å². The number of nitrogens with two attached hydrogens (primary N) is 1. The summed E-state index contributed by atoms with van der Waals surface area (Å²) < 4.78 is 28.0. The molecule has 1 aromatic heterocycles. The van der Waals surface area contributed by atoms with Crippen molar-refractivity contribution in [2.45, 2.75) is 6.54 Å². The Balaban J connectivity index is 2.62. The molecule has 2 N–H and O–H groups in total. The maximum atomic E-state index is 13.6. The van der Waals surface area contributed by atoms with E-state index in [4.69, 9.17) is 5.73 Å². The Morgan fingerprint density at radius 3 is 2.75 bits per heavy atom. The Morgan fingerprint density at radius 1 is 1.38 bits per heavy atom. The summed E-state index contributed by atoms with van der Waals surface area (Å²) in [5.74, 6) is -1.21. The maximum absolute atomic E-state index is 13.6. The molecule has 0 saturated carbocycles. The van der Waals surface area contributed by atoms with Crippen molar-refractivity contribution in [2.75, 3.05) is 0 Å². The Kier molecular flexibility index (Phi) is 2.70. The Labute approximate surface area is 91.5 Å². The van der Waals surface area contributed by atoms with E-state index in [1.807, 2.05) is 0 Å². The summed E-state index contributed by atoms with van der Waals surface area (Å²) >= 11 is 0. The molecule has 0 saturated heterocycles. The first-order valence-electron chi connectivity index (χ1n) is 4.79. The van der Waals surface area contributed by atoms with Gasteiger partial charge in [0.15, 0.2) is 0 Å². The molecule has 1 aromatic carbocycles. The molecule has 84 valence electrons. The lowest BCUT2D eigenvalue weighted by atomic mass is 10.1. The van der Waals surface area contributed by atoms with Gasteiger partial charge < -0.3 is 10.3 Å². The summed E-state index contributed by atoms with van der Waals surface area (Å²) in [7, 11) is 1.74. The molecule has 3 nitrogen and oxygen atoms in total. The molecule has 0 atom stereocenters. The van der Waals surface area contributed by atoms with Crippen molar-refractivity contribution in [3.05, 3.63) is 41.9 Å². The van der Waals surface area contributed by atoms with Gasteiger partial charge in [0, 0.05) is 25.2 Å². The van der Waals surface area contributed by atoms with Crippen LogP contribution in [0.3, 0.4) is 0 Å². The van der Waals surface area contributed by atoms with Crippen molar-refractivity contribution in [3.63, 3.8) is 0 Å². The molecule has 2 aromatic rings.